The van der Waals surface area contributed by atoms with Crippen molar-refractivity contribution in [3.8, 4) is 50.3 Å². The van der Waals surface area contributed by atoms with Crippen molar-refractivity contribution in [1.29, 1.82) is 0 Å². The number of carboxylic acid groups (broad SMARTS) is 4. The van der Waals surface area contributed by atoms with Crippen LogP contribution in [0.4, 0.5) is 30.7 Å². The standard InChI is InChI=1S/C28H28F3NO4.C27H25ClF3NO3.C27H28FNO3.C27H29NO3/c1-18-20(5-4-6-24(18)21-10-12-23(36-3)13-11-21)8-9-22-15-19(7-14-25(22)28(29,30)31)16-32-27(2,17-33)26(34)35;1-17-19(4-3-5-23(17)20-9-11-22(28)12-10-20)7-8-21-14-18(6-13-24(21)27(29,30)31)15-32-26(2,16-33)25(34)35;1-18-10-11-20(16-29-27(3,17-30)26(31)32)14-22(18)13-12-21-6-5-9-25(19(21)2)23-7-4-8-24(28)15-23;1-19-12-13-21(17-28-27(3,18-29)26(30)31)16-24(19)15-14-22-10-7-11-25(20(22)2)23-8-5-4-6-9-23/h4-15,32-33H,16-17H2,1-3H3,(H,34,35);3-14,32-33H,15-16H2,1-2H3,(H,34,35);4-15,29-30H,16-17H2,1-3H3,(H,31,32);4-16,28-29H,17-18H2,1-3H3,(H,30,31)/b9-8+;8-7+;13-12+;15-14+. The van der Waals surface area contributed by atoms with E-state index in [-0.39, 0.29) is 30.0 Å². The minimum atomic E-state index is -4.56. The minimum Gasteiger partial charge on any atom is -0.497 e. The molecular formula is C109H110ClF7N4O13. The number of aliphatic carboxylic acids is 4. The third-order valence-corrected chi connectivity index (χ3v) is 23.7. The molecule has 12 aromatic rings. The summed E-state index contributed by atoms with van der Waals surface area (Å²) in [4.78, 5) is 45.5. The van der Waals surface area contributed by atoms with E-state index in [0.717, 1.165) is 124 Å². The lowest BCUT2D eigenvalue weighted by atomic mass is 9.95. The molecule has 0 bridgehead atoms. The third-order valence-electron chi connectivity index (χ3n) is 23.5. The number of aryl methyl sites for hydroxylation is 2. The molecule has 12 aromatic carbocycles. The van der Waals surface area contributed by atoms with Crippen molar-refractivity contribution in [3.05, 3.63) is 371 Å². The van der Waals surface area contributed by atoms with Crippen LogP contribution in [0.25, 0.3) is 93.1 Å². The summed E-state index contributed by atoms with van der Waals surface area (Å²) in [6, 6.07) is 74.6. The van der Waals surface area contributed by atoms with Crippen molar-refractivity contribution in [1.82, 2.24) is 21.3 Å². The van der Waals surface area contributed by atoms with Gasteiger partial charge in [-0.3, -0.25) is 40.4 Å². The van der Waals surface area contributed by atoms with Crippen LogP contribution in [0.5, 0.6) is 5.75 Å². The fraction of sp³-hybridized carbons (Fsp3) is 0.229. The highest BCUT2D eigenvalue weighted by molar-refractivity contribution is 6.30. The number of carboxylic acids is 4. The lowest BCUT2D eigenvalue weighted by Crippen LogP contribution is -2.52. The molecule has 0 heterocycles. The average molecular weight is 1850 g/mol. The van der Waals surface area contributed by atoms with E-state index in [4.69, 9.17) is 16.3 Å². The number of ether oxygens (including phenoxy) is 1. The van der Waals surface area contributed by atoms with Crippen LogP contribution in [-0.4, -0.2) is 120 Å². The summed E-state index contributed by atoms with van der Waals surface area (Å²) in [6.45, 7) is 15.9. The molecule has 0 aliphatic rings. The van der Waals surface area contributed by atoms with Crippen LogP contribution in [0.15, 0.2) is 249 Å². The Morgan fingerprint density at radius 2 is 0.590 bits per heavy atom. The number of hydrogen-bond acceptors (Lipinski definition) is 13. The monoisotopic (exact) mass is 1850 g/mol. The maximum absolute atomic E-state index is 13.7. The molecule has 0 fully saturated rings. The highest BCUT2D eigenvalue weighted by Gasteiger charge is 2.38. The molecule has 4 atom stereocenters. The number of carbonyl (C=O) groups is 4. The number of rotatable bonds is 33. The Bertz CT molecular complexity index is 6240. The van der Waals surface area contributed by atoms with Crippen molar-refractivity contribution >= 4 is 84.1 Å². The Kier molecular flexibility index (Phi) is 36.6. The second-order valence-corrected chi connectivity index (χ2v) is 33.8. The largest absolute Gasteiger partial charge is 0.497 e. The normalized spacial score (nSPS) is 13.5. The highest BCUT2D eigenvalue weighted by Crippen LogP contribution is 2.39. The number of hydrogen-bond donors (Lipinski definition) is 12. The summed E-state index contributed by atoms with van der Waals surface area (Å²) in [5.41, 5.74) is 15.3. The Morgan fingerprint density at radius 1 is 0.321 bits per heavy atom. The van der Waals surface area contributed by atoms with Gasteiger partial charge >= 0.3 is 36.2 Å². The molecule has 4 unspecified atom stereocenters. The van der Waals surface area contributed by atoms with Crippen molar-refractivity contribution in [2.24, 2.45) is 0 Å². The van der Waals surface area contributed by atoms with Gasteiger partial charge in [-0.15, -0.1) is 0 Å². The fourth-order valence-electron chi connectivity index (χ4n) is 14.2. The number of aliphatic hydroxyl groups is 4. The van der Waals surface area contributed by atoms with E-state index in [9.17, 15) is 90.8 Å². The van der Waals surface area contributed by atoms with Gasteiger partial charge in [0.25, 0.3) is 0 Å². The predicted molar refractivity (Wildman–Crippen MR) is 519 cm³/mol. The zero-order valence-electron chi connectivity index (χ0n) is 76.1. The summed E-state index contributed by atoms with van der Waals surface area (Å²) in [6.07, 6.45) is 5.24. The summed E-state index contributed by atoms with van der Waals surface area (Å²) >= 11 is 5.97. The molecule has 0 aliphatic carbocycles. The van der Waals surface area contributed by atoms with Crippen LogP contribution >= 0.6 is 11.6 Å². The second kappa shape index (κ2) is 46.9. The van der Waals surface area contributed by atoms with Gasteiger partial charge < -0.3 is 45.6 Å². The Balaban J connectivity index is 0.000000201. The van der Waals surface area contributed by atoms with Crippen LogP contribution in [0.1, 0.15) is 139 Å². The number of halogens is 8. The van der Waals surface area contributed by atoms with E-state index >= 15 is 0 Å². The lowest BCUT2D eigenvalue weighted by Gasteiger charge is -2.24. The summed E-state index contributed by atoms with van der Waals surface area (Å²) < 4.78 is 101. The van der Waals surface area contributed by atoms with Gasteiger partial charge in [0.15, 0.2) is 0 Å². The van der Waals surface area contributed by atoms with Gasteiger partial charge in [-0.1, -0.05) is 248 Å². The molecule has 0 saturated heterocycles. The molecule has 17 nitrogen and oxygen atoms in total. The highest BCUT2D eigenvalue weighted by atomic mass is 35.5. The first kappa shape index (κ1) is 104. The average Bonchev–Trinajstić information content (AvgIpc) is 0.808. The quantitative estimate of drug-likeness (QED) is 0.0134. The van der Waals surface area contributed by atoms with Gasteiger partial charge in [0, 0.05) is 31.2 Å². The first-order valence-corrected chi connectivity index (χ1v) is 43.2. The summed E-state index contributed by atoms with van der Waals surface area (Å²) in [5, 5.41) is 86.7. The number of aliphatic hydroxyl groups excluding tert-OH is 4. The van der Waals surface area contributed by atoms with Crippen LogP contribution in [-0.2, 0) is 57.7 Å². The number of benzene rings is 12. The van der Waals surface area contributed by atoms with Gasteiger partial charge in [-0.25, -0.2) is 4.39 Å². The topological polar surface area (TPSA) is 287 Å². The molecular weight excluding hydrogens is 1740 g/mol. The van der Waals surface area contributed by atoms with Gasteiger partial charge in [0.05, 0.1) is 44.7 Å². The molecule has 0 aliphatic heterocycles. The van der Waals surface area contributed by atoms with Crippen molar-refractivity contribution < 1.29 is 95.5 Å². The van der Waals surface area contributed by atoms with Crippen LogP contribution in [0.3, 0.4) is 0 Å². The lowest BCUT2D eigenvalue weighted by molar-refractivity contribution is -0.146. The summed E-state index contributed by atoms with van der Waals surface area (Å²) in [5.74, 6) is -4.22. The number of nitrogens with one attached hydrogen (secondary N) is 4. The van der Waals surface area contributed by atoms with Gasteiger partial charge in [-0.05, 0) is 275 Å². The molecule has 0 radical (unpaired) electrons. The van der Waals surface area contributed by atoms with Gasteiger partial charge in [-0.2, -0.15) is 26.3 Å². The van der Waals surface area contributed by atoms with Crippen LogP contribution < -0.4 is 26.0 Å². The molecule has 134 heavy (non-hydrogen) atoms. The van der Waals surface area contributed by atoms with Crippen molar-refractivity contribution in [2.45, 2.75) is 130 Å². The number of alkyl halides is 6. The summed E-state index contributed by atoms with van der Waals surface area (Å²) in [7, 11) is 1.59. The SMILES string of the molecule is COc1ccc(-c2cccc(/C=C/c3cc(CNC(C)(CO)C(=O)O)ccc3C(F)(F)F)c2C)cc1.Cc1c(/C=C/c2cc(CNC(C)(CO)C(=O)O)ccc2C(F)(F)F)cccc1-c1ccc(Cl)cc1.Cc1ccc(CNC(C)(CO)C(=O)O)cc1/C=C/c1cccc(-c2cccc(F)c2)c1C.Cc1ccc(CNC(C)(CO)C(=O)O)cc1/C=C/c1cccc(-c2ccccc2)c1C. The molecule has 0 amide bonds. The maximum atomic E-state index is 13.7. The fourth-order valence-corrected chi connectivity index (χ4v) is 14.3. The molecule has 0 aromatic heterocycles. The Labute approximate surface area is 781 Å². The van der Waals surface area contributed by atoms with E-state index < -0.39 is 95.9 Å². The van der Waals surface area contributed by atoms with Gasteiger partial charge in [0.2, 0.25) is 0 Å². The molecule has 0 spiro atoms. The smallest absolute Gasteiger partial charge is 0.416 e. The minimum absolute atomic E-state index is 0.0334. The van der Waals surface area contributed by atoms with Crippen LogP contribution in [0, 0.1) is 47.4 Å². The molecule has 0 saturated carbocycles. The number of methoxy groups -OCH3 is 1. The van der Waals surface area contributed by atoms with E-state index in [2.05, 4.69) is 83.7 Å². The molecule has 25 heteroatoms. The van der Waals surface area contributed by atoms with Gasteiger partial charge in [0.1, 0.15) is 33.7 Å². The van der Waals surface area contributed by atoms with E-state index in [0.29, 0.717) is 29.2 Å². The first-order chi connectivity index (χ1) is 63.5. The Hall–Kier alpha value is -13.2. The Morgan fingerprint density at radius 3 is 0.888 bits per heavy atom. The van der Waals surface area contributed by atoms with E-state index in [1.54, 1.807) is 37.5 Å². The zero-order valence-corrected chi connectivity index (χ0v) is 76.8. The van der Waals surface area contributed by atoms with Crippen molar-refractivity contribution in [3.63, 3.8) is 0 Å². The van der Waals surface area contributed by atoms with Crippen LogP contribution in [0.2, 0.25) is 5.02 Å². The van der Waals surface area contributed by atoms with E-state index in [1.165, 1.54) is 92.9 Å². The first-order valence-electron chi connectivity index (χ1n) is 42.8. The predicted octanol–water partition coefficient (Wildman–Crippen LogP) is 22.5. The van der Waals surface area contributed by atoms with Crippen molar-refractivity contribution in [2.75, 3.05) is 33.5 Å². The molecule has 12 rings (SSSR count). The maximum Gasteiger partial charge on any atom is 0.416 e. The molecule has 12 N–H and O–H groups in total. The zero-order chi connectivity index (χ0) is 98.0. The third kappa shape index (κ3) is 27.9. The molecule has 700 valence electrons. The second-order valence-electron chi connectivity index (χ2n) is 33.3. The van der Waals surface area contributed by atoms with E-state index in [1.807, 2.05) is 185 Å².